The van der Waals surface area contributed by atoms with E-state index in [0.717, 1.165) is 35.7 Å². The Hall–Kier alpha value is -3.17. The Morgan fingerprint density at radius 2 is 2.32 bits per heavy atom. The zero-order chi connectivity index (χ0) is 21.2. The van der Waals surface area contributed by atoms with E-state index in [0.29, 0.717) is 24.2 Å². The molecule has 6 rings (SSSR count). The maximum Gasteiger partial charge on any atom is 0.261 e. The van der Waals surface area contributed by atoms with Gasteiger partial charge in [-0.2, -0.15) is 5.10 Å². The van der Waals surface area contributed by atoms with Gasteiger partial charge >= 0.3 is 0 Å². The molecule has 3 aliphatic heterocycles. The van der Waals surface area contributed by atoms with Crippen LogP contribution in [0.15, 0.2) is 36.8 Å². The molecule has 3 aromatic rings. The number of morpholine rings is 1. The average Bonchev–Trinajstić information content (AvgIpc) is 3.54. The number of aromatic nitrogens is 3. The van der Waals surface area contributed by atoms with Crippen molar-refractivity contribution < 1.29 is 19.4 Å². The Morgan fingerprint density at radius 3 is 3.10 bits per heavy atom. The molecule has 0 saturated carbocycles. The largest absolute Gasteiger partial charge is 0.484 e. The fraction of sp³-hybridized carbons (Fsp3) is 0.409. The Kier molecular flexibility index (Phi) is 4.00. The molecule has 0 aliphatic carbocycles. The Bertz CT molecular complexity index is 1190. The fourth-order valence-electron chi connectivity index (χ4n) is 4.85. The normalized spacial score (nSPS) is 26.3. The molecule has 31 heavy (non-hydrogen) atoms. The molecule has 2 N–H and O–H groups in total. The number of benzene rings is 1. The lowest BCUT2D eigenvalue weighted by Gasteiger charge is -2.31. The molecule has 2 aromatic heterocycles. The molecule has 2 saturated heterocycles. The van der Waals surface area contributed by atoms with E-state index in [1.807, 2.05) is 19.1 Å². The third-order valence-electron chi connectivity index (χ3n) is 6.42. The molecule has 0 radical (unpaired) electrons. The van der Waals surface area contributed by atoms with Crippen molar-refractivity contribution in [2.24, 2.45) is 0 Å². The molecule has 160 valence electrons. The van der Waals surface area contributed by atoms with Gasteiger partial charge in [0.15, 0.2) is 5.65 Å². The number of aliphatic hydroxyl groups is 1. The van der Waals surface area contributed by atoms with Crippen LogP contribution in [-0.2, 0) is 11.2 Å². The lowest BCUT2D eigenvalue weighted by Crippen LogP contribution is -2.37. The number of anilines is 2. The number of aliphatic hydroxyl groups excluding tert-OH is 1. The van der Waals surface area contributed by atoms with Gasteiger partial charge in [0.1, 0.15) is 16.9 Å². The van der Waals surface area contributed by atoms with Crippen LogP contribution < -0.4 is 15.0 Å². The summed E-state index contributed by atoms with van der Waals surface area (Å²) in [7, 11) is 0. The van der Waals surface area contributed by atoms with Gasteiger partial charge in [-0.15, -0.1) is 0 Å². The van der Waals surface area contributed by atoms with Crippen LogP contribution in [0.25, 0.3) is 5.65 Å². The van der Waals surface area contributed by atoms with Crippen molar-refractivity contribution >= 4 is 22.9 Å². The predicted molar refractivity (Wildman–Crippen MR) is 113 cm³/mol. The van der Waals surface area contributed by atoms with Gasteiger partial charge in [-0.3, -0.25) is 4.79 Å². The highest BCUT2D eigenvalue weighted by Gasteiger charge is 2.41. The van der Waals surface area contributed by atoms with Gasteiger partial charge in [-0.25, -0.2) is 9.50 Å². The highest BCUT2D eigenvalue weighted by Crippen LogP contribution is 2.44. The molecule has 2 bridgehead atoms. The van der Waals surface area contributed by atoms with Gasteiger partial charge in [-0.1, -0.05) is 0 Å². The third-order valence-corrected chi connectivity index (χ3v) is 6.42. The first-order valence-electron chi connectivity index (χ1n) is 10.5. The second-order valence-electron chi connectivity index (χ2n) is 8.76. The molecule has 0 spiro atoms. The van der Waals surface area contributed by atoms with Gasteiger partial charge < -0.3 is 24.8 Å². The van der Waals surface area contributed by atoms with Gasteiger partial charge in [0.2, 0.25) is 0 Å². The minimum Gasteiger partial charge on any atom is -0.484 e. The van der Waals surface area contributed by atoms with Crippen molar-refractivity contribution in [1.29, 1.82) is 0 Å². The van der Waals surface area contributed by atoms with Crippen LogP contribution in [0.2, 0.25) is 0 Å². The lowest BCUT2D eigenvalue weighted by atomic mass is 9.99. The topological polar surface area (TPSA) is 101 Å². The summed E-state index contributed by atoms with van der Waals surface area (Å²) in [4.78, 5) is 19.8. The van der Waals surface area contributed by atoms with Crippen molar-refractivity contribution in [3.8, 4) is 5.75 Å². The first-order chi connectivity index (χ1) is 15.0. The van der Waals surface area contributed by atoms with E-state index in [-0.39, 0.29) is 24.7 Å². The van der Waals surface area contributed by atoms with Gasteiger partial charge in [0, 0.05) is 37.0 Å². The molecule has 1 amide bonds. The summed E-state index contributed by atoms with van der Waals surface area (Å²) in [5, 5.41) is 17.1. The van der Waals surface area contributed by atoms with Crippen molar-refractivity contribution in [2.45, 2.75) is 37.5 Å². The number of nitrogens with zero attached hydrogens (tertiary/aromatic N) is 4. The SMILES string of the molecule is C[C@@]1(CO)Cc2cc(NC(=O)c3cnn4cccnc34)c(N3C[C@@H]4C[C@H]3CO4)cc2O1. The van der Waals surface area contributed by atoms with E-state index < -0.39 is 5.60 Å². The summed E-state index contributed by atoms with van der Waals surface area (Å²) in [6, 6.07) is 6.00. The first kappa shape index (κ1) is 18.6. The van der Waals surface area contributed by atoms with E-state index >= 15 is 0 Å². The van der Waals surface area contributed by atoms with Crippen LogP contribution in [0, 0.1) is 0 Å². The molecule has 5 heterocycles. The van der Waals surface area contributed by atoms with Crippen LogP contribution in [0.5, 0.6) is 5.75 Å². The summed E-state index contributed by atoms with van der Waals surface area (Å²) in [5.41, 5.74) is 2.87. The second-order valence-corrected chi connectivity index (χ2v) is 8.76. The predicted octanol–water partition coefficient (Wildman–Crippen LogP) is 1.65. The Morgan fingerprint density at radius 1 is 1.42 bits per heavy atom. The quantitative estimate of drug-likeness (QED) is 0.660. The second kappa shape index (κ2) is 6.66. The maximum absolute atomic E-state index is 13.2. The van der Waals surface area contributed by atoms with Crippen LogP contribution in [-0.4, -0.2) is 63.1 Å². The molecule has 9 nitrogen and oxygen atoms in total. The summed E-state index contributed by atoms with van der Waals surface area (Å²) in [5.74, 6) is 0.491. The summed E-state index contributed by atoms with van der Waals surface area (Å²) in [6.07, 6.45) is 6.71. The summed E-state index contributed by atoms with van der Waals surface area (Å²) < 4.78 is 13.4. The smallest absolute Gasteiger partial charge is 0.261 e. The Labute approximate surface area is 178 Å². The van der Waals surface area contributed by atoms with Gasteiger partial charge in [-0.05, 0) is 25.5 Å². The molecule has 2 fully saturated rings. The molecular weight excluding hydrogens is 398 g/mol. The molecule has 9 heteroatoms. The van der Waals surface area contributed by atoms with E-state index in [2.05, 4.69) is 20.3 Å². The number of hydrogen-bond donors (Lipinski definition) is 2. The number of ether oxygens (including phenoxy) is 2. The highest BCUT2D eigenvalue weighted by molar-refractivity contribution is 6.09. The van der Waals surface area contributed by atoms with Gasteiger partial charge in [0.05, 0.1) is 42.9 Å². The summed E-state index contributed by atoms with van der Waals surface area (Å²) >= 11 is 0. The van der Waals surface area contributed by atoms with Crippen molar-refractivity contribution in [3.63, 3.8) is 0 Å². The number of fused-ring (bicyclic) bond motifs is 4. The van der Waals surface area contributed by atoms with Crippen molar-refractivity contribution in [3.05, 3.63) is 47.9 Å². The van der Waals surface area contributed by atoms with Crippen LogP contribution >= 0.6 is 0 Å². The zero-order valence-corrected chi connectivity index (χ0v) is 17.1. The van der Waals surface area contributed by atoms with Crippen LogP contribution in [0.3, 0.4) is 0 Å². The molecular formula is C22H23N5O4. The molecule has 1 aromatic carbocycles. The van der Waals surface area contributed by atoms with E-state index in [9.17, 15) is 9.90 Å². The average molecular weight is 421 g/mol. The minimum atomic E-state index is -0.651. The third kappa shape index (κ3) is 2.95. The maximum atomic E-state index is 13.2. The van der Waals surface area contributed by atoms with Crippen LogP contribution in [0.1, 0.15) is 29.3 Å². The summed E-state index contributed by atoms with van der Waals surface area (Å²) in [6.45, 7) is 3.28. The zero-order valence-electron chi connectivity index (χ0n) is 17.1. The number of amides is 1. The number of carbonyl (C=O) groups excluding carboxylic acids is 1. The van der Waals surface area contributed by atoms with Gasteiger partial charge in [0.25, 0.3) is 5.91 Å². The molecule has 3 atom stereocenters. The minimum absolute atomic E-state index is 0.0744. The lowest BCUT2D eigenvalue weighted by molar-refractivity contribution is 0.0446. The number of carbonyl (C=O) groups is 1. The Balaban J connectivity index is 1.39. The number of nitrogens with one attached hydrogen (secondary N) is 1. The van der Waals surface area contributed by atoms with Crippen molar-refractivity contribution in [2.75, 3.05) is 30.0 Å². The first-order valence-corrected chi connectivity index (χ1v) is 10.5. The molecule has 0 unspecified atom stereocenters. The molecule has 3 aliphatic rings. The number of rotatable bonds is 4. The highest BCUT2D eigenvalue weighted by atomic mass is 16.5. The van der Waals surface area contributed by atoms with E-state index in [1.165, 1.54) is 6.20 Å². The monoisotopic (exact) mass is 421 g/mol. The van der Waals surface area contributed by atoms with E-state index in [4.69, 9.17) is 9.47 Å². The fourth-order valence-corrected chi connectivity index (χ4v) is 4.85. The van der Waals surface area contributed by atoms with Crippen molar-refractivity contribution in [1.82, 2.24) is 14.6 Å². The van der Waals surface area contributed by atoms with E-state index in [1.54, 1.807) is 23.0 Å². The standard InChI is InChI=1S/C22H23N5O4/c1-22(12-28)8-13-5-17(25-21(29)16-9-24-27-4-2-3-23-20(16)27)18(7-19(13)31-22)26-10-15-6-14(26)11-30-15/h2-5,7,9,14-15,28H,6,8,10-12H2,1H3,(H,25,29)/t14-,15-,22-/m0/s1. The number of hydrogen-bond acceptors (Lipinski definition) is 7. The van der Waals surface area contributed by atoms with Crippen LogP contribution in [0.4, 0.5) is 11.4 Å².